The minimum absolute atomic E-state index is 0.0508. The Kier molecular flexibility index (Phi) is 4.83. The lowest BCUT2D eigenvalue weighted by Crippen LogP contribution is -2.44. The summed E-state index contributed by atoms with van der Waals surface area (Å²) in [6.45, 7) is 2.33. The lowest BCUT2D eigenvalue weighted by atomic mass is 9.77. The highest BCUT2D eigenvalue weighted by Crippen LogP contribution is 2.41. The van der Waals surface area contributed by atoms with Gasteiger partial charge in [0, 0.05) is 6.54 Å². The zero-order valence-electron chi connectivity index (χ0n) is 13.4. The van der Waals surface area contributed by atoms with Crippen LogP contribution in [0.3, 0.4) is 0 Å². The first-order chi connectivity index (χ1) is 11.1. The van der Waals surface area contributed by atoms with Gasteiger partial charge in [-0.25, -0.2) is 0 Å². The summed E-state index contributed by atoms with van der Waals surface area (Å²) in [5.41, 5.74) is 2.73. The van der Waals surface area contributed by atoms with Crippen LogP contribution in [-0.2, 0) is 10.2 Å². The van der Waals surface area contributed by atoms with Crippen LogP contribution in [0.4, 0.5) is 0 Å². The highest BCUT2D eigenvalue weighted by molar-refractivity contribution is 7.07. The second-order valence-corrected chi connectivity index (χ2v) is 7.22. The van der Waals surface area contributed by atoms with Crippen molar-refractivity contribution in [3.05, 3.63) is 57.8 Å². The predicted octanol–water partition coefficient (Wildman–Crippen LogP) is 3.72. The summed E-state index contributed by atoms with van der Waals surface area (Å²) in [6, 6.07) is 10.2. The van der Waals surface area contributed by atoms with Gasteiger partial charge in [-0.3, -0.25) is 4.79 Å². The fraction of sp³-hybridized carbons (Fsp3) is 0.421. The third kappa shape index (κ3) is 3.33. The van der Waals surface area contributed by atoms with Crippen LogP contribution in [0.1, 0.15) is 48.5 Å². The van der Waals surface area contributed by atoms with E-state index in [4.69, 9.17) is 0 Å². The maximum Gasteiger partial charge on any atom is 0.230 e. The molecular formula is C19H23NO2S. The third-order valence-electron chi connectivity index (χ3n) is 4.85. The number of benzene rings is 1. The summed E-state index contributed by atoms with van der Waals surface area (Å²) < 4.78 is 0. The molecule has 1 aliphatic carbocycles. The number of hydrogen-bond donors (Lipinski definition) is 2. The molecule has 0 aliphatic heterocycles. The summed E-state index contributed by atoms with van der Waals surface area (Å²) in [4.78, 5) is 12.9. The monoisotopic (exact) mass is 329 g/mol. The minimum atomic E-state index is -0.638. The van der Waals surface area contributed by atoms with Gasteiger partial charge in [0.25, 0.3) is 0 Å². The predicted molar refractivity (Wildman–Crippen MR) is 93.6 cm³/mol. The first-order valence-electron chi connectivity index (χ1n) is 8.17. The number of carbonyl (C=O) groups excluding carboxylic acids is 1. The molecule has 0 saturated heterocycles. The van der Waals surface area contributed by atoms with E-state index in [9.17, 15) is 9.90 Å². The molecule has 0 radical (unpaired) electrons. The molecule has 1 fully saturated rings. The van der Waals surface area contributed by atoms with E-state index in [-0.39, 0.29) is 12.5 Å². The Labute approximate surface area is 141 Å². The van der Waals surface area contributed by atoms with Crippen molar-refractivity contribution in [2.45, 2.75) is 44.1 Å². The van der Waals surface area contributed by atoms with Crippen LogP contribution in [0.15, 0.2) is 41.1 Å². The average molecular weight is 329 g/mol. The standard InChI is InChI=1S/C19H23NO2S/c1-14-5-4-6-16(11-14)19(8-2-3-9-19)18(22)20-12-17(21)15-7-10-23-13-15/h4-7,10-11,13,17,21H,2-3,8-9,12H2,1H3,(H,20,22). The Morgan fingerprint density at radius 3 is 2.78 bits per heavy atom. The number of amides is 1. The Morgan fingerprint density at radius 2 is 2.13 bits per heavy atom. The topological polar surface area (TPSA) is 49.3 Å². The Morgan fingerprint density at radius 1 is 1.35 bits per heavy atom. The number of aliphatic hydroxyl groups excluding tert-OH is 1. The van der Waals surface area contributed by atoms with Gasteiger partial charge in [0.1, 0.15) is 0 Å². The summed E-state index contributed by atoms with van der Waals surface area (Å²) in [5, 5.41) is 17.0. The van der Waals surface area contributed by atoms with Crippen molar-refractivity contribution in [3.8, 4) is 0 Å². The van der Waals surface area contributed by atoms with E-state index < -0.39 is 11.5 Å². The van der Waals surface area contributed by atoms with Crippen molar-refractivity contribution in [1.29, 1.82) is 0 Å². The van der Waals surface area contributed by atoms with E-state index in [2.05, 4.69) is 30.4 Å². The van der Waals surface area contributed by atoms with E-state index in [0.29, 0.717) is 0 Å². The first kappa shape index (κ1) is 16.2. The minimum Gasteiger partial charge on any atom is -0.387 e. The molecular weight excluding hydrogens is 306 g/mol. The van der Waals surface area contributed by atoms with Crippen LogP contribution < -0.4 is 5.32 Å². The van der Waals surface area contributed by atoms with E-state index >= 15 is 0 Å². The van der Waals surface area contributed by atoms with Crippen LogP contribution in [0.5, 0.6) is 0 Å². The SMILES string of the molecule is Cc1cccc(C2(C(=O)NCC(O)c3ccsc3)CCCC2)c1. The fourth-order valence-corrected chi connectivity index (χ4v) is 4.22. The first-order valence-corrected chi connectivity index (χ1v) is 9.12. The molecule has 1 unspecified atom stereocenters. The van der Waals surface area contributed by atoms with Gasteiger partial charge in [-0.15, -0.1) is 0 Å². The van der Waals surface area contributed by atoms with Gasteiger partial charge in [0.05, 0.1) is 11.5 Å². The molecule has 4 heteroatoms. The normalized spacial score (nSPS) is 17.8. The number of aryl methyl sites for hydroxylation is 1. The molecule has 1 amide bonds. The van der Waals surface area contributed by atoms with Crippen molar-refractivity contribution in [1.82, 2.24) is 5.32 Å². The van der Waals surface area contributed by atoms with Crippen LogP contribution in [0.25, 0.3) is 0 Å². The number of hydrogen-bond acceptors (Lipinski definition) is 3. The van der Waals surface area contributed by atoms with Gasteiger partial charge in [-0.1, -0.05) is 42.7 Å². The van der Waals surface area contributed by atoms with E-state index in [1.807, 2.05) is 22.9 Å². The van der Waals surface area contributed by atoms with Crippen LogP contribution >= 0.6 is 11.3 Å². The molecule has 122 valence electrons. The zero-order valence-corrected chi connectivity index (χ0v) is 14.2. The molecule has 1 atom stereocenters. The molecule has 3 rings (SSSR count). The zero-order chi connectivity index (χ0) is 16.3. The molecule has 0 bridgehead atoms. The molecule has 1 aromatic heterocycles. The number of aliphatic hydroxyl groups is 1. The van der Waals surface area contributed by atoms with Gasteiger partial charge in [0.2, 0.25) is 5.91 Å². The molecule has 1 saturated carbocycles. The number of nitrogens with one attached hydrogen (secondary N) is 1. The van der Waals surface area contributed by atoms with Crippen molar-refractivity contribution < 1.29 is 9.90 Å². The average Bonchev–Trinajstić information content (AvgIpc) is 3.24. The van der Waals surface area contributed by atoms with Gasteiger partial charge in [-0.2, -0.15) is 11.3 Å². The van der Waals surface area contributed by atoms with E-state index in [1.165, 1.54) is 5.56 Å². The largest absolute Gasteiger partial charge is 0.387 e. The van der Waals surface area contributed by atoms with Crippen molar-refractivity contribution in [2.75, 3.05) is 6.54 Å². The van der Waals surface area contributed by atoms with Crippen molar-refractivity contribution >= 4 is 17.2 Å². The summed E-state index contributed by atoms with van der Waals surface area (Å²) >= 11 is 1.55. The molecule has 1 aliphatic rings. The summed E-state index contributed by atoms with van der Waals surface area (Å²) in [6.07, 6.45) is 3.29. The lowest BCUT2D eigenvalue weighted by Gasteiger charge is -2.29. The molecule has 1 aromatic carbocycles. The fourth-order valence-electron chi connectivity index (χ4n) is 3.51. The van der Waals surface area contributed by atoms with Gasteiger partial charge in [-0.05, 0) is 47.7 Å². The van der Waals surface area contributed by atoms with Crippen LogP contribution in [0.2, 0.25) is 0 Å². The molecule has 2 aromatic rings. The number of carbonyl (C=O) groups is 1. The van der Waals surface area contributed by atoms with E-state index in [0.717, 1.165) is 36.8 Å². The third-order valence-corrected chi connectivity index (χ3v) is 5.55. The second-order valence-electron chi connectivity index (χ2n) is 6.44. The highest BCUT2D eigenvalue weighted by atomic mass is 32.1. The summed E-state index contributed by atoms with van der Waals surface area (Å²) in [5.74, 6) is 0.0508. The van der Waals surface area contributed by atoms with Gasteiger partial charge < -0.3 is 10.4 Å². The second kappa shape index (κ2) is 6.85. The molecule has 2 N–H and O–H groups in total. The number of rotatable bonds is 5. The smallest absolute Gasteiger partial charge is 0.230 e. The van der Waals surface area contributed by atoms with Gasteiger partial charge in [0.15, 0.2) is 0 Å². The Bertz CT molecular complexity index is 660. The number of thiophene rings is 1. The van der Waals surface area contributed by atoms with E-state index in [1.54, 1.807) is 11.3 Å². The molecule has 23 heavy (non-hydrogen) atoms. The highest BCUT2D eigenvalue weighted by Gasteiger charge is 2.42. The molecule has 1 heterocycles. The van der Waals surface area contributed by atoms with Crippen LogP contribution in [-0.4, -0.2) is 17.6 Å². The molecule has 3 nitrogen and oxygen atoms in total. The van der Waals surface area contributed by atoms with Gasteiger partial charge >= 0.3 is 0 Å². The lowest BCUT2D eigenvalue weighted by molar-refractivity contribution is -0.127. The molecule has 0 spiro atoms. The summed E-state index contributed by atoms with van der Waals surface area (Å²) in [7, 11) is 0. The maximum absolute atomic E-state index is 12.9. The quantitative estimate of drug-likeness (QED) is 0.878. The van der Waals surface area contributed by atoms with Crippen molar-refractivity contribution in [3.63, 3.8) is 0 Å². The Balaban J connectivity index is 1.74. The van der Waals surface area contributed by atoms with Crippen molar-refractivity contribution in [2.24, 2.45) is 0 Å². The maximum atomic E-state index is 12.9. The van der Waals surface area contributed by atoms with Crippen LogP contribution in [0, 0.1) is 6.92 Å². The Hall–Kier alpha value is -1.65.